The topological polar surface area (TPSA) is 65.0 Å². The molecule has 0 spiro atoms. The smallest absolute Gasteiger partial charge is 0.335 e. The van der Waals surface area contributed by atoms with Gasteiger partial charge < -0.3 is 19.3 Å². The van der Waals surface area contributed by atoms with E-state index in [1.807, 2.05) is 0 Å². The van der Waals surface area contributed by atoms with Crippen LogP contribution < -0.4 is 9.47 Å². The summed E-state index contributed by atoms with van der Waals surface area (Å²) in [7, 11) is 4.30. The summed E-state index contributed by atoms with van der Waals surface area (Å²) in [5.74, 6) is 0.549. The van der Waals surface area contributed by atoms with Crippen molar-refractivity contribution in [2.75, 3.05) is 21.3 Å². The molecule has 0 amide bonds. The number of aliphatic hydroxyl groups is 1. The van der Waals surface area contributed by atoms with Crippen molar-refractivity contribution in [2.45, 2.75) is 12.5 Å². The number of rotatable bonds is 5. The molecule has 0 bridgehead atoms. The first-order valence-corrected chi connectivity index (χ1v) is 5.09. The highest BCUT2D eigenvalue weighted by atomic mass is 16.5. The maximum Gasteiger partial charge on any atom is 0.335 e. The molecule has 0 aliphatic heterocycles. The number of esters is 1. The van der Waals surface area contributed by atoms with Crippen LogP contribution in [0.1, 0.15) is 5.56 Å². The van der Waals surface area contributed by atoms with E-state index in [0.29, 0.717) is 17.1 Å². The van der Waals surface area contributed by atoms with E-state index in [9.17, 15) is 9.90 Å². The van der Waals surface area contributed by atoms with E-state index in [-0.39, 0.29) is 6.42 Å². The minimum atomic E-state index is -1.19. The number of carbonyl (C=O) groups excluding carboxylic acids is 1. The van der Waals surface area contributed by atoms with Crippen LogP contribution in [0.4, 0.5) is 0 Å². The molecule has 17 heavy (non-hydrogen) atoms. The second-order valence-corrected chi connectivity index (χ2v) is 3.42. The third kappa shape index (κ3) is 3.35. The van der Waals surface area contributed by atoms with Gasteiger partial charge in [-0.1, -0.05) is 6.07 Å². The molecule has 0 heterocycles. The summed E-state index contributed by atoms with van der Waals surface area (Å²) < 4.78 is 14.7. The van der Waals surface area contributed by atoms with Gasteiger partial charge in [-0.3, -0.25) is 0 Å². The zero-order valence-corrected chi connectivity index (χ0v) is 10.1. The van der Waals surface area contributed by atoms with Crippen LogP contribution in [-0.2, 0) is 16.0 Å². The molecule has 0 aliphatic rings. The Labute approximate surface area is 99.9 Å². The maximum absolute atomic E-state index is 11.1. The summed E-state index contributed by atoms with van der Waals surface area (Å²) in [6.45, 7) is 0. The molecule has 0 saturated heterocycles. The first kappa shape index (κ1) is 13.3. The first-order valence-electron chi connectivity index (χ1n) is 5.09. The summed E-state index contributed by atoms with van der Waals surface area (Å²) in [4.78, 5) is 11.1. The van der Waals surface area contributed by atoms with Crippen LogP contribution in [0.15, 0.2) is 18.2 Å². The van der Waals surface area contributed by atoms with Crippen molar-refractivity contribution in [3.8, 4) is 11.5 Å². The number of aliphatic hydroxyl groups excluding tert-OH is 1. The van der Waals surface area contributed by atoms with Gasteiger partial charge in [0.1, 0.15) is 11.5 Å². The monoisotopic (exact) mass is 240 g/mol. The van der Waals surface area contributed by atoms with E-state index in [2.05, 4.69) is 4.74 Å². The van der Waals surface area contributed by atoms with Crippen molar-refractivity contribution in [3.63, 3.8) is 0 Å². The lowest BCUT2D eigenvalue weighted by atomic mass is 10.1. The van der Waals surface area contributed by atoms with Crippen molar-refractivity contribution in [3.05, 3.63) is 23.8 Å². The molecule has 5 nitrogen and oxygen atoms in total. The van der Waals surface area contributed by atoms with Gasteiger partial charge in [-0.15, -0.1) is 0 Å². The molecule has 0 radical (unpaired) electrons. The molecule has 0 unspecified atom stereocenters. The Balaban J connectivity index is 2.87. The zero-order valence-electron chi connectivity index (χ0n) is 10.1. The number of hydrogen-bond donors (Lipinski definition) is 1. The van der Waals surface area contributed by atoms with Gasteiger partial charge >= 0.3 is 5.97 Å². The van der Waals surface area contributed by atoms with Crippen molar-refractivity contribution in [2.24, 2.45) is 0 Å². The summed E-state index contributed by atoms with van der Waals surface area (Å²) in [6.07, 6.45) is -1.05. The number of carbonyl (C=O) groups is 1. The van der Waals surface area contributed by atoms with Crippen LogP contribution in [-0.4, -0.2) is 38.5 Å². The van der Waals surface area contributed by atoms with E-state index < -0.39 is 12.1 Å². The van der Waals surface area contributed by atoms with Gasteiger partial charge in [-0.2, -0.15) is 0 Å². The Morgan fingerprint density at radius 1 is 1.29 bits per heavy atom. The molecule has 1 aromatic carbocycles. The van der Waals surface area contributed by atoms with Crippen LogP contribution in [0.2, 0.25) is 0 Å². The number of methoxy groups -OCH3 is 3. The van der Waals surface area contributed by atoms with Crippen molar-refractivity contribution in [1.82, 2.24) is 0 Å². The largest absolute Gasteiger partial charge is 0.497 e. The van der Waals surface area contributed by atoms with Gasteiger partial charge in [0, 0.05) is 12.5 Å². The lowest BCUT2D eigenvalue weighted by molar-refractivity contribution is -0.150. The molecular formula is C12H16O5. The fourth-order valence-electron chi connectivity index (χ4n) is 1.45. The Morgan fingerprint density at radius 2 is 2.00 bits per heavy atom. The Bertz CT molecular complexity index is 388. The standard InChI is InChI=1S/C12H16O5/c1-15-9-5-4-8(11(7-9)16-2)6-10(13)12(14)17-3/h4-5,7,10,13H,6H2,1-3H3/t10-/m0/s1. The third-order valence-corrected chi connectivity index (χ3v) is 2.38. The molecule has 0 aromatic heterocycles. The maximum atomic E-state index is 11.1. The molecule has 0 aliphatic carbocycles. The number of benzene rings is 1. The first-order chi connectivity index (χ1) is 8.12. The van der Waals surface area contributed by atoms with Gasteiger partial charge in [0.15, 0.2) is 6.10 Å². The van der Waals surface area contributed by atoms with E-state index in [4.69, 9.17) is 9.47 Å². The average Bonchev–Trinajstić information content (AvgIpc) is 2.37. The molecule has 0 fully saturated rings. The highest BCUT2D eigenvalue weighted by Gasteiger charge is 2.18. The molecule has 1 aromatic rings. The van der Waals surface area contributed by atoms with E-state index in [0.717, 1.165) is 0 Å². The highest BCUT2D eigenvalue weighted by molar-refractivity contribution is 5.74. The van der Waals surface area contributed by atoms with Crippen molar-refractivity contribution in [1.29, 1.82) is 0 Å². The normalized spacial score (nSPS) is 11.8. The van der Waals surface area contributed by atoms with Gasteiger partial charge in [0.25, 0.3) is 0 Å². The van der Waals surface area contributed by atoms with Crippen LogP contribution in [0.5, 0.6) is 11.5 Å². The van der Waals surface area contributed by atoms with Crippen LogP contribution in [0, 0.1) is 0 Å². The molecule has 0 saturated carbocycles. The fourth-order valence-corrected chi connectivity index (χ4v) is 1.45. The third-order valence-electron chi connectivity index (χ3n) is 2.38. The second-order valence-electron chi connectivity index (χ2n) is 3.42. The minimum absolute atomic E-state index is 0.139. The quantitative estimate of drug-likeness (QED) is 0.770. The van der Waals surface area contributed by atoms with Crippen molar-refractivity contribution < 1.29 is 24.1 Å². The predicted octanol–water partition coefficient (Wildman–Crippen LogP) is 0.780. The van der Waals surface area contributed by atoms with Gasteiger partial charge in [-0.05, 0) is 11.6 Å². The highest BCUT2D eigenvalue weighted by Crippen LogP contribution is 2.25. The summed E-state index contributed by atoms with van der Waals surface area (Å²) in [6, 6.07) is 5.17. The summed E-state index contributed by atoms with van der Waals surface area (Å²) in [5.41, 5.74) is 0.714. The van der Waals surface area contributed by atoms with Gasteiger partial charge in [-0.25, -0.2) is 4.79 Å². The number of ether oxygens (including phenoxy) is 3. The molecule has 1 atom stereocenters. The Kier molecular flexibility index (Phi) is 4.78. The van der Waals surface area contributed by atoms with Crippen LogP contribution in [0.25, 0.3) is 0 Å². The van der Waals surface area contributed by atoms with E-state index in [1.54, 1.807) is 25.3 Å². The van der Waals surface area contributed by atoms with Crippen LogP contribution >= 0.6 is 0 Å². The molecule has 5 heteroatoms. The molecular weight excluding hydrogens is 224 g/mol. The SMILES string of the molecule is COC(=O)[C@@H](O)Cc1ccc(OC)cc1OC. The average molecular weight is 240 g/mol. The molecule has 1 rings (SSSR count). The lowest BCUT2D eigenvalue weighted by Gasteiger charge is -2.12. The van der Waals surface area contributed by atoms with Crippen LogP contribution in [0.3, 0.4) is 0 Å². The van der Waals surface area contributed by atoms with E-state index in [1.165, 1.54) is 14.2 Å². The summed E-state index contributed by atoms with van der Waals surface area (Å²) >= 11 is 0. The lowest BCUT2D eigenvalue weighted by Crippen LogP contribution is -2.24. The zero-order chi connectivity index (χ0) is 12.8. The van der Waals surface area contributed by atoms with E-state index >= 15 is 0 Å². The summed E-state index contributed by atoms with van der Waals surface area (Å²) in [5, 5.41) is 9.56. The van der Waals surface area contributed by atoms with Gasteiger partial charge in [0.2, 0.25) is 0 Å². The minimum Gasteiger partial charge on any atom is -0.497 e. The van der Waals surface area contributed by atoms with Gasteiger partial charge in [0.05, 0.1) is 21.3 Å². The fraction of sp³-hybridized carbons (Fsp3) is 0.417. The second kappa shape index (κ2) is 6.10. The molecule has 1 N–H and O–H groups in total. The Morgan fingerprint density at radius 3 is 2.53 bits per heavy atom. The van der Waals surface area contributed by atoms with Crippen molar-refractivity contribution >= 4 is 5.97 Å². The Hall–Kier alpha value is -1.75. The predicted molar refractivity (Wildman–Crippen MR) is 61.3 cm³/mol. The molecule has 94 valence electrons. The number of hydrogen-bond acceptors (Lipinski definition) is 5.